The highest BCUT2D eigenvalue weighted by Gasteiger charge is 2.30. The largest absolute Gasteiger partial charge is 0.491 e. The molecule has 1 aliphatic rings. The Hall–Kier alpha value is -1.60. The standard InChI is InChI=1S/C17H26N2O4S/c1-3-13-23-16-8-6-5-7-15(16)18-17(20)14-9-11-19(12-10-14)24(21,22)4-2/h5-8,14H,3-4,9-13H2,1-2H3,(H,18,20). The van der Waals surface area contributed by atoms with E-state index in [1.165, 1.54) is 4.31 Å². The Labute approximate surface area is 144 Å². The van der Waals surface area contributed by atoms with Crippen LogP contribution in [0.3, 0.4) is 0 Å². The van der Waals surface area contributed by atoms with Crippen molar-refractivity contribution in [3.63, 3.8) is 0 Å². The van der Waals surface area contributed by atoms with E-state index in [0.29, 0.717) is 44.0 Å². The number of nitrogens with one attached hydrogen (secondary N) is 1. The fourth-order valence-electron chi connectivity index (χ4n) is 2.72. The summed E-state index contributed by atoms with van der Waals surface area (Å²) >= 11 is 0. The monoisotopic (exact) mass is 354 g/mol. The van der Waals surface area contributed by atoms with Gasteiger partial charge in [0.15, 0.2) is 0 Å². The molecule has 134 valence electrons. The van der Waals surface area contributed by atoms with Gasteiger partial charge < -0.3 is 10.1 Å². The van der Waals surface area contributed by atoms with Crippen LogP contribution in [0.1, 0.15) is 33.1 Å². The van der Waals surface area contributed by atoms with Crippen molar-refractivity contribution in [2.75, 3.05) is 30.8 Å². The summed E-state index contributed by atoms with van der Waals surface area (Å²) in [5.41, 5.74) is 0.666. The second-order valence-corrected chi connectivity index (χ2v) is 8.17. The number of benzene rings is 1. The molecule has 1 N–H and O–H groups in total. The normalized spacial score (nSPS) is 16.8. The van der Waals surface area contributed by atoms with Gasteiger partial charge in [-0.1, -0.05) is 19.1 Å². The first kappa shape index (κ1) is 18.7. The number of nitrogens with zero attached hydrogens (tertiary/aromatic N) is 1. The summed E-state index contributed by atoms with van der Waals surface area (Å²) in [6.07, 6.45) is 1.98. The molecular formula is C17H26N2O4S. The summed E-state index contributed by atoms with van der Waals surface area (Å²) in [4.78, 5) is 12.5. The van der Waals surface area contributed by atoms with Gasteiger partial charge in [-0.3, -0.25) is 4.79 Å². The lowest BCUT2D eigenvalue weighted by Gasteiger charge is -2.30. The zero-order valence-electron chi connectivity index (χ0n) is 14.3. The van der Waals surface area contributed by atoms with E-state index >= 15 is 0 Å². The fourth-order valence-corrected chi connectivity index (χ4v) is 3.85. The van der Waals surface area contributed by atoms with Crippen LogP contribution in [0, 0.1) is 5.92 Å². The Morgan fingerprint density at radius 2 is 1.92 bits per heavy atom. The third-order valence-corrected chi connectivity index (χ3v) is 6.07. The molecule has 1 heterocycles. The fraction of sp³-hybridized carbons (Fsp3) is 0.588. The van der Waals surface area contributed by atoms with Gasteiger partial charge in [0.1, 0.15) is 5.75 Å². The van der Waals surface area contributed by atoms with Gasteiger partial charge in [0.2, 0.25) is 15.9 Å². The summed E-state index contributed by atoms with van der Waals surface area (Å²) < 4.78 is 30.9. The molecule has 1 aliphatic heterocycles. The topological polar surface area (TPSA) is 75.7 Å². The molecule has 1 amide bonds. The number of amides is 1. The van der Waals surface area contributed by atoms with E-state index in [-0.39, 0.29) is 17.6 Å². The first-order chi connectivity index (χ1) is 11.5. The van der Waals surface area contributed by atoms with Crippen molar-refractivity contribution in [2.24, 2.45) is 5.92 Å². The lowest BCUT2D eigenvalue weighted by molar-refractivity contribution is -0.120. The SMILES string of the molecule is CCCOc1ccccc1NC(=O)C1CCN(S(=O)(=O)CC)CC1. The second-order valence-electron chi connectivity index (χ2n) is 5.91. The van der Waals surface area contributed by atoms with Crippen LogP contribution in [0.5, 0.6) is 5.75 Å². The third-order valence-electron chi connectivity index (χ3n) is 4.19. The molecule has 7 heteroatoms. The van der Waals surface area contributed by atoms with Gasteiger partial charge in [0.25, 0.3) is 0 Å². The number of para-hydroxylation sites is 2. The molecule has 0 aliphatic carbocycles. The number of ether oxygens (including phenoxy) is 1. The van der Waals surface area contributed by atoms with Gasteiger partial charge in [0, 0.05) is 19.0 Å². The molecule has 1 aromatic carbocycles. The lowest BCUT2D eigenvalue weighted by atomic mass is 9.97. The van der Waals surface area contributed by atoms with Gasteiger partial charge in [-0.2, -0.15) is 0 Å². The van der Waals surface area contributed by atoms with E-state index < -0.39 is 10.0 Å². The molecule has 1 saturated heterocycles. The molecule has 2 rings (SSSR count). The van der Waals surface area contributed by atoms with Gasteiger partial charge in [-0.25, -0.2) is 12.7 Å². The van der Waals surface area contributed by atoms with E-state index in [4.69, 9.17) is 4.74 Å². The molecule has 0 atom stereocenters. The molecule has 24 heavy (non-hydrogen) atoms. The van der Waals surface area contributed by atoms with Crippen LogP contribution < -0.4 is 10.1 Å². The molecule has 0 spiro atoms. The molecule has 1 aromatic rings. The van der Waals surface area contributed by atoms with Crippen LogP contribution in [0.4, 0.5) is 5.69 Å². The number of rotatable bonds is 7. The third kappa shape index (κ3) is 4.70. The minimum atomic E-state index is -3.16. The van der Waals surface area contributed by atoms with E-state index in [1.54, 1.807) is 6.92 Å². The van der Waals surface area contributed by atoms with Crippen LogP contribution in [0.25, 0.3) is 0 Å². The summed E-state index contributed by atoms with van der Waals surface area (Å²) in [6, 6.07) is 7.38. The molecule has 0 aromatic heterocycles. The van der Waals surface area contributed by atoms with E-state index in [0.717, 1.165) is 6.42 Å². The number of hydrogen-bond donors (Lipinski definition) is 1. The zero-order valence-corrected chi connectivity index (χ0v) is 15.1. The van der Waals surface area contributed by atoms with Crippen LogP contribution >= 0.6 is 0 Å². The zero-order chi connectivity index (χ0) is 17.6. The van der Waals surface area contributed by atoms with Gasteiger partial charge >= 0.3 is 0 Å². The van der Waals surface area contributed by atoms with Crippen LogP contribution in [0.2, 0.25) is 0 Å². The van der Waals surface area contributed by atoms with Crippen molar-refractivity contribution < 1.29 is 17.9 Å². The van der Waals surface area contributed by atoms with Crippen molar-refractivity contribution in [3.05, 3.63) is 24.3 Å². The van der Waals surface area contributed by atoms with Crippen LogP contribution in [0.15, 0.2) is 24.3 Å². The Bertz CT molecular complexity index is 652. The Morgan fingerprint density at radius 3 is 2.54 bits per heavy atom. The average Bonchev–Trinajstić information content (AvgIpc) is 2.61. The first-order valence-corrected chi connectivity index (χ1v) is 10.1. The van der Waals surface area contributed by atoms with Crippen molar-refractivity contribution in [1.82, 2.24) is 4.31 Å². The minimum absolute atomic E-state index is 0.0731. The van der Waals surface area contributed by atoms with Crippen molar-refractivity contribution in [2.45, 2.75) is 33.1 Å². The number of hydrogen-bond acceptors (Lipinski definition) is 4. The quantitative estimate of drug-likeness (QED) is 0.816. The number of carbonyl (C=O) groups is 1. The van der Waals surface area contributed by atoms with E-state index in [9.17, 15) is 13.2 Å². The minimum Gasteiger partial charge on any atom is -0.491 e. The van der Waals surface area contributed by atoms with E-state index in [1.807, 2.05) is 31.2 Å². The van der Waals surface area contributed by atoms with Crippen molar-refractivity contribution >= 4 is 21.6 Å². The molecule has 0 unspecified atom stereocenters. The maximum Gasteiger partial charge on any atom is 0.227 e. The summed E-state index contributed by atoms with van der Waals surface area (Å²) in [5.74, 6) is 0.522. The Morgan fingerprint density at radius 1 is 1.25 bits per heavy atom. The first-order valence-electron chi connectivity index (χ1n) is 8.48. The average molecular weight is 354 g/mol. The predicted molar refractivity (Wildman–Crippen MR) is 94.6 cm³/mol. The number of sulfonamides is 1. The van der Waals surface area contributed by atoms with Gasteiger partial charge in [-0.05, 0) is 38.3 Å². The number of anilines is 1. The molecule has 0 saturated carbocycles. The van der Waals surface area contributed by atoms with Crippen LogP contribution in [-0.2, 0) is 14.8 Å². The van der Waals surface area contributed by atoms with Crippen LogP contribution in [-0.4, -0.2) is 44.1 Å². The highest BCUT2D eigenvalue weighted by Crippen LogP contribution is 2.27. The second kappa shape index (κ2) is 8.48. The lowest BCUT2D eigenvalue weighted by Crippen LogP contribution is -2.42. The smallest absolute Gasteiger partial charge is 0.227 e. The summed E-state index contributed by atoms with van der Waals surface area (Å²) in [5, 5.41) is 2.92. The molecule has 0 bridgehead atoms. The highest BCUT2D eigenvalue weighted by molar-refractivity contribution is 7.89. The van der Waals surface area contributed by atoms with Crippen molar-refractivity contribution in [1.29, 1.82) is 0 Å². The number of piperidine rings is 1. The molecule has 6 nitrogen and oxygen atoms in total. The summed E-state index contributed by atoms with van der Waals surface area (Å²) in [6.45, 7) is 5.07. The number of carbonyl (C=O) groups excluding carboxylic acids is 1. The van der Waals surface area contributed by atoms with Gasteiger partial charge in [0.05, 0.1) is 18.0 Å². The highest BCUT2D eigenvalue weighted by atomic mass is 32.2. The predicted octanol–water partition coefficient (Wildman–Crippen LogP) is 2.48. The van der Waals surface area contributed by atoms with E-state index in [2.05, 4.69) is 5.32 Å². The maximum atomic E-state index is 12.5. The molecular weight excluding hydrogens is 328 g/mol. The van der Waals surface area contributed by atoms with Gasteiger partial charge in [-0.15, -0.1) is 0 Å². The Balaban J connectivity index is 1.95. The maximum absolute atomic E-state index is 12.5. The Kier molecular flexibility index (Phi) is 6.62. The van der Waals surface area contributed by atoms with Crippen molar-refractivity contribution in [3.8, 4) is 5.75 Å². The molecule has 0 radical (unpaired) electrons. The summed E-state index contributed by atoms with van der Waals surface area (Å²) in [7, 11) is -3.16. The molecule has 1 fully saturated rings.